The first kappa shape index (κ1) is 16.1. The minimum Gasteiger partial charge on any atom is -0.294 e. The largest absolute Gasteiger partial charge is 0.294 e. The number of carbonyl (C=O) groups is 1. The first-order valence-electron chi connectivity index (χ1n) is 8.27. The number of aromatic nitrogens is 3. The van der Waals surface area contributed by atoms with Crippen molar-refractivity contribution in [3.8, 4) is 11.1 Å². The summed E-state index contributed by atoms with van der Waals surface area (Å²) in [6.45, 7) is 2.68. The zero-order valence-corrected chi connectivity index (χ0v) is 13.9. The molecule has 0 bridgehead atoms. The molecular weight excluding hydrogens is 298 g/mol. The van der Waals surface area contributed by atoms with E-state index in [4.69, 9.17) is 0 Å². The van der Waals surface area contributed by atoms with Gasteiger partial charge >= 0.3 is 0 Å². The summed E-state index contributed by atoms with van der Waals surface area (Å²) in [4.78, 5) is 16.4. The van der Waals surface area contributed by atoms with Crippen LogP contribution in [0, 0.1) is 6.92 Å². The van der Waals surface area contributed by atoms with Crippen LogP contribution in [0.15, 0.2) is 60.9 Å². The molecule has 0 unspecified atom stereocenters. The lowest BCUT2D eigenvalue weighted by Gasteiger charge is -2.05. The molecular formula is C20H21N3O. The number of Topliss-reactive ketones (excluding diaryl/α,β-unsaturated/α-hetero) is 1. The molecule has 0 saturated carbocycles. The molecule has 0 aliphatic heterocycles. The molecule has 1 aromatic heterocycles. The first-order valence-corrected chi connectivity index (χ1v) is 8.27. The summed E-state index contributed by atoms with van der Waals surface area (Å²) in [6, 6.07) is 18.1. The smallest absolute Gasteiger partial charge is 0.162 e. The van der Waals surface area contributed by atoms with Gasteiger partial charge in [-0.3, -0.25) is 9.48 Å². The predicted octanol–water partition coefficient (Wildman–Crippen LogP) is 4.31. The average molecular weight is 319 g/mol. The van der Waals surface area contributed by atoms with Crippen molar-refractivity contribution >= 4 is 5.78 Å². The van der Waals surface area contributed by atoms with Crippen molar-refractivity contribution < 1.29 is 4.79 Å². The lowest BCUT2D eigenvalue weighted by Crippen LogP contribution is -2.02. The minimum atomic E-state index is 0.199. The lowest BCUT2D eigenvalue weighted by molar-refractivity contribution is 0.0979. The van der Waals surface area contributed by atoms with Crippen LogP contribution in [0.25, 0.3) is 11.1 Å². The summed E-state index contributed by atoms with van der Waals surface area (Å²) in [6.07, 6.45) is 4.09. The first-order chi connectivity index (χ1) is 11.7. The molecule has 0 spiro atoms. The van der Waals surface area contributed by atoms with Crippen LogP contribution in [0.2, 0.25) is 0 Å². The molecule has 4 heteroatoms. The van der Waals surface area contributed by atoms with Gasteiger partial charge in [0.05, 0.1) is 0 Å². The molecule has 2 aromatic carbocycles. The molecule has 0 amide bonds. The molecule has 24 heavy (non-hydrogen) atoms. The van der Waals surface area contributed by atoms with Crippen molar-refractivity contribution in [1.29, 1.82) is 0 Å². The zero-order chi connectivity index (χ0) is 16.8. The molecule has 3 rings (SSSR count). The number of hydrogen-bond acceptors (Lipinski definition) is 3. The number of nitrogens with zero attached hydrogens (tertiary/aromatic N) is 3. The van der Waals surface area contributed by atoms with Gasteiger partial charge in [-0.25, -0.2) is 4.98 Å². The third-order valence-electron chi connectivity index (χ3n) is 4.01. The number of benzene rings is 2. The van der Waals surface area contributed by atoms with E-state index in [1.165, 1.54) is 5.56 Å². The van der Waals surface area contributed by atoms with Gasteiger partial charge in [0.25, 0.3) is 0 Å². The second-order valence-corrected chi connectivity index (χ2v) is 5.88. The third kappa shape index (κ3) is 4.16. The van der Waals surface area contributed by atoms with Crippen LogP contribution in [0.3, 0.4) is 0 Å². The van der Waals surface area contributed by atoms with Gasteiger partial charge in [-0.1, -0.05) is 54.6 Å². The Kier molecular flexibility index (Phi) is 5.16. The summed E-state index contributed by atoms with van der Waals surface area (Å²) in [7, 11) is 0. The van der Waals surface area contributed by atoms with E-state index in [9.17, 15) is 4.79 Å². The molecule has 1 heterocycles. The van der Waals surface area contributed by atoms with Crippen molar-refractivity contribution in [2.75, 3.05) is 0 Å². The van der Waals surface area contributed by atoms with Crippen molar-refractivity contribution in [2.45, 2.75) is 32.7 Å². The molecule has 0 N–H and O–H groups in total. The van der Waals surface area contributed by atoms with E-state index in [2.05, 4.69) is 22.2 Å². The maximum Gasteiger partial charge on any atom is 0.162 e. The highest BCUT2D eigenvalue weighted by Gasteiger charge is 2.06. The molecule has 3 aromatic rings. The summed E-state index contributed by atoms with van der Waals surface area (Å²) in [5, 5.41) is 4.24. The Balaban J connectivity index is 1.50. The van der Waals surface area contributed by atoms with Gasteiger partial charge in [-0.15, -0.1) is 0 Å². The molecule has 0 atom stereocenters. The van der Waals surface area contributed by atoms with Crippen LogP contribution < -0.4 is 0 Å². The van der Waals surface area contributed by atoms with Crippen molar-refractivity contribution in [3.63, 3.8) is 0 Å². The normalized spacial score (nSPS) is 10.7. The lowest BCUT2D eigenvalue weighted by atomic mass is 10.0. The van der Waals surface area contributed by atoms with Crippen molar-refractivity contribution in [2.24, 2.45) is 0 Å². The Hall–Kier alpha value is -2.75. The van der Waals surface area contributed by atoms with Gasteiger partial charge in [0.1, 0.15) is 12.2 Å². The van der Waals surface area contributed by atoms with E-state index in [0.29, 0.717) is 6.42 Å². The fraction of sp³-hybridized carbons (Fsp3) is 0.250. The Bertz CT molecular complexity index is 791. The fourth-order valence-corrected chi connectivity index (χ4v) is 2.68. The van der Waals surface area contributed by atoms with Gasteiger partial charge in [0, 0.05) is 18.5 Å². The van der Waals surface area contributed by atoms with Crippen LogP contribution in [-0.4, -0.2) is 20.5 Å². The number of rotatable bonds is 7. The molecule has 0 fully saturated rings. The van der Waals surface area contributed by atoms with Crippen LogP contribution in [0.4, 0.5) is 0 Å². The molecule has 122 valence electrons. The number of aryl methyl sites for hydroxylation is 2. The number of hydrogen-bond donors (Lipinski definition) is 0. The maximum absolute atomic E-state index is 12.3. The summed E-state index contributed by atoms with van der Waals surface area (Å²) < 4.78 is 1.83. The number of carbonyl (C=O) groups excluding carboxylic acids is 1. The summed E-state index contributed by atoms with van der Waals surface area (Å²) >= 11 is 0. The quantitative estimate of drug-likeness (QED) is 0.482. The highest BCUT2D eigenvalue weighted by Crippen LogP contribution is 2.20. The fourth-order valence-electron chi connectivity index (χ4n) is 2.68. The van der Waals surface area contributed by atoms with E-state index in [0.717, 1.165) is 36.3 Å². The Labute approximate surface area is 142 Å². The monoisotopic (exact) mass is 319 g/mol. The van der Waals surface area contributed by atoms with Crippen LogP contribution in [0.1, 0.15) is 35.4 Å². The SMILES string of the molecule is Cc1ncn(CCCCC(=O)c2ccc(-c3ccccc3)cc2)n1. The molecule has 0 saturated heterocycles. The Morgan fingerprint density at radius 2 is 1.67 bits per heavy atom. The van der Waals surface area contributed by atoms with Crippen molar-refractivity contribution in [3.05, 3.63) is 72.3 Å². The van der Waals surface area contributed by atoms with E-state index >= 15 is 0 Å². The van der Waals surface area contributed by atoms with Gasteiger partial charge in [-0.05, 0) is 30.9 Å². The van der Waals surface area contributed by atoms with Gasteiger partial charge in [0.2, 0.25) is 0 Å². The molecule has 0 radical (unpaired) electrons. The average Bonchev–Trinajstić information content (AvgIpc) is 3.05. The van der Waals surface area contributed by atoms with Crippen molar-refractivity contribution in [1.82, 2.24) is 14.8 Å². The minimum absolute atomic E-state index is 0.199. The zero-order valence-electron chi connectivity index (χ0n) is 13.9. The standard InChI is InChI=1S/C20H21N3O/c1-16-21-15-23(22-16)14-6-5-9-20(24)19-12-10-18(11-13-19)17-7-3-2-4-8-17/h2-4,7-8,10-13,15H,5-6,9,14H2,1H3. The highest BCUT2D eigenvalue weighted by molar-refractivity contribution is 5.96. The van der Waals surface area contributed by atoms with Crippen LogP contribution in [-0.2, 0) is 6.54 Å². The summed E-state index contributed by atoms with van der Waals surface area (Å²) in [5.74, 6) is 0.981. The third-order valence-corrected chi connectivity index (χ3v) is 4.01. The van der Waals surface area contributed by atoms with Gasteiger partial charge < -0.3 is 0 Å². The number of ketones is 1. The Morgan fingerprint density at radius 1 is 0.958 bits per heavy atom. The second kappa shape index (κ2) is 7.68. The number of unbranched alkanes of at least 4 members (excludes halogenated alkanes) is 1. The second-order valence-electron chi connectivity index (χ2n) is 5.88. The van der Waals surface area contributed by atoms with Gasteiger partial charge in [-0.2, -0.15) is 5.10 Å². The summed E-state index contributed by atoms with van der Waals surface area (Å²) in [5.41, 5.74) is 3.08. The topological polar surface area (TPSA) is 47.8 Å². The van der Waals surface area contributed by atoms with E-state index in [1.807, 2.05) is 54.1 Å². The molecule has 0 aliphatic carbocycles. The molecule has 0 aliphatic rings. The van der Waals surface area contributed by atoms with E-state index < -0.39 is 0 Å². The van der Waals surface area contributed by atoms with E-state index in [1.54, 1.807) is 6.33 Å². The highest BCUT2D eigenvalue weighted by atomic mass is 16.1. The molecule has 4 nitrogen and oxygen atoms in total. The van der Waals surface area contributed by atoms with Crippen LogP contribution >= 0.6 is 0 Å². The van der Waals surface area contributed by atoms with Gasteiger partial charge in [0.15, 0.2) is 5.78 Å². The Morgan fingerprint density at radius 3 is 2.33 bits per heavy atom. The van der Waals surface area contributed by atoms with E-state index in [-0.39, 0.29) is 5.78 Å². The predicted molar refractivity (Wildman–Crippen MR) is 94.8 cm³/mol. The maximum atomic E-state index is 12.3. The van der Waals surface area contributed by atoms with Crippen LogP contribution in [0.5, 0.6) is 0 Å².